The number of aromatic nitrogens is 1. The lowest BCUT2D eigenvalue weighted by Crippen LogP contribution is -2.22. The van der Waals surface area contributed by atoms with Crippen LogP contribution in [0.2, 0.25) is 0 Å². The van der Waals surface area contributed by atoms with Crippen molar-refractivity contribution >= 4 is 11.3 Å². The monoisotopic (exact) mass is 246 g/mol. The standard InChI is InChI=1S/C14H18N2S/c1-14(2,8-9-15)12-10-17-13(16-12)11-6-4-3-5-7-11/h3-7,10H,8-9,15H2,1-2H3. The minimum Gasteiger partial charge on any atom is -0.330 e. The van der Waals surface area contributed by atoms with E-state index in [0.717, 1.165) is 17.1 Å². The summed E-state index contributed by atoms with van der Waals surface area (Å²) >= 11 is 1.70. The molecule has 0 spiro atoms. The maximum absolute atomic E-state index is 5.65. The molecule has 17 heavy (non-hydrogen) atoms. The van der Waals surface area contributed by atoms with E-state index in [1.165, 1.54) is 5.56 Å². The molecule has 1 aromatic carbocycles. The van der Waals surface area contributed by atoms with Crippen LogP contribution in [0, 0.1) is 0 Å². The van der Waals surface area contributed by atoms with Gasteiger partial charge in [0.25, 0.3) is 0 Å². The van der Waals surface area contributed by atoms with E-state index < -0.39 is 0 Å². The Morgan fingerprint density at radius 1 is 1.24 bits per heavy atom. The molecule has 0 atom stereocenters. The Kier molecular flexibility index (Phi) is 3.60. The second-order valence-corrected chi connectivity index (χ2v) is 5.68. The highest BCUT2D eigenvalue weighted by Crippen LogP contribution is 2.31. The first kappa shape index (κ1) is 12.3. The molecule has 0 aliphatic heterocycles. The second-order valence-electron chi connectivity index (χ2n) is 4.83. The third-order valence-electron chi connectivity index (χ3n) is 2.99. The van der Waals surface area contributed by atoms with Crippen molar-refractivity contribution < 1.29 is 0 Å². The number of thiazole rings is 1. The molecule has 0 aliphatic carbocycles. The van der Waals surface area contributed by atoms with Crippen molar-refractivity contribution in [2.75, 3.05) is 6.54 Å². The maximum Gasteiger partial charge on any atom is 0.123 e. The van der Waals surface area contributed by atoms with E-state index in [2.05, 4.69) is 31.4 Å². The molecule has 1 heterocycles. The molecule has 0 bridgehead atoms. The van der Waals surface area contributed by atoms with Crippen molar-refractivity contribution in [3.63, 3.8) is 0 Å². The lowest BCUT2D eigenvalue weighted by atomic mass is 9.86. The van der Waals surface area contributed by atoms with Gasteiger partial charge in [-0.15, -0.1) is 11.3 Å². The Morgan fingerprint density at radius 2 is 1.94 bits per heavy atom. The van der Waals surface area contributed by atoms with Gasteiger partial charge in [-0.25, -0.2) is 4.98 Å². The predicted molar refractivity (Wildman–Crippen MR) is 74.2 cm³/mol. The molecule has 0 fully saturated rings. The quantitative estimate of drug-likeness (QED) is 0.897. The van der Waals surface area contributed by atoms with Crippen molar-refractivity contribution in [2.45, 2.75) is 25.7 Å². The summed E-state index contributed by atoms with van der Waals surface area (Å²) in [6.45, 7) is 5.10. The third-order valence-corrected chi connectivity index (χ3v) is 3.88. The van der Waals surface area contributed by atoms with Crippen LogP contribution in [-0.4, -0.2) is 11.5 Å². The van der Waals surface area contributed by atoms with Crippen LogP contribution in [-0.2, 0) is 5.41 Å². The van der Waals surface area contributed by atoms with Gasteiger partial charge in [0.1, 0.15) is 5.01 Å². The zero-order valence-electron chi connectivity index (χ0n) is 10.3. The van der Waals surface area contributed by atoms with Gasteiger partial charge in [-0.2, -0.15) is 0 Å². The van der Waals surface area contributed by atoms with Crippen LogP contribution >= 0.6 is 11.3 Å². The largest absolute Gasteiger partial charge is 0.330 e. The molecule has 3 heteroatoms. The van der Waals surface area contributed by atoms with E-state index in [0.29, 0.717) is 6.54 Å². The van der Waals surface area contributed by atoms with Gasteiger partial charge in [-0.05, 0) is 13.0 Å². The van der Waals surface area contributed by atoms with Crippen LogP contribution in [0.15, 0.2) is 35.7 Å². The first-order valence-corrected chi connectivity index (χ1v) is 6.73. The Balaban J connectivity index is 2.28. The summed E-state index contributed by atoms with van der Waals surface area (Å²) in [4.78, 5) is 4.73. The fraction of sp³-hybridized carbons (Fsp3) is 0.357. The highest BCUT2D eigenvalue weighted by atomic mass is 32.1. The number of nitrogens with two attached hydrogens (primary N) is 1. The second kappa shape index (κ2) is 4.98. The molecular weight excluding hydrogens is 228 g/mol. The van der Waals surface area contributed by atoms with Crippen molar-refractivity contribution in [3.8, 4) is 10.6 Å². The van der Waals surface area contributed by atoms with Crippen LogP contribution in [0.25, 0.3) is 10.6 Å². The third kappa shape index (κ3) is 2.73. The molecule has 0 saturated carbocycles. The highest BCUT2D eigenvalue weighted by molar-refractivity contribution is 7.13. The Labute approximate surface area is 107 Å². The van der Waals surface area contributed by atoms with E-state index in [1.807, 2.05) is 18.2 Å². The Hall–Kier alpha value is -1.19. The SMILES string of the molecule is CC(C)(CCN)c1csc(-c2ccccc2)n1. The molecule has 0 aliphatic rings. The van der Waals surface area contributed by atoms with Crippen LogP contribution in [0.5, 0.6) is 0 Å². The van der Waals surface area contributed by atoms with E-state index in [-0.39, 0.29) is 5.41 Å². The summed E-state index contributed by atoms with van der Waals surface area (Å²) in [6, 6.07) is 10.3. The molecule has 2 N–H and O–H groups in total. The molecule has 0 amide bonds. The van der Waals surface area contributed by atoms with Crippen molar-refractivity contribution in [2.24, 2.45) is 5.73 Å². The average Bonchev–Trinajstić information content (AvgIpc) is 2.80. The lowest BCUT2D eigenvalue weighted by Gasteiger charge is -2.21. The topological polar surface area (TPSA) is 38.9 Å². The van der Waals surface area contributed by atoms with Gasteiger partial charge in [0.2, 0.25) is 0 Å². The minimum atomic E-state index is 0.0677. The molecule has 2 aromatic rings. The fourth-order valence-corrected chi connectivity index (χ4v) is 2.81. The summed E-state index contributed by atoms with van der Waals surface area (Å²) in [7, 11) is 0. The highest BCUT2D eigenvalue weighted by Gasteiger charge is 2.22. The normalized spacial score (nSPS) is 11.7. The molecule has 90 valence electrons. The maximum atomic E-state index is 5.65. The van der Waals surface area contributed by atoms with Crippen LogP contribution in [0.3, 0.4) is 0 Å². The number of rotatable bonds is 4. The predicted octanol–water partition coefficient (Wildman–Crippen LogP) is 3.44. The van der Waals surface area contributed by atoms with Crippen molar-refractivity contribution in [1.29, 1.82) is 0 Å². The van der Waals surface area contributed by atoms with Crippen molar-refractivity contribution in [3.05, 3.63) is 41.4 Å². The van der Waals surface area contributed by atoms with E-state index in [1.54, 1.807) is 11.3 Å². The van der Waals surface area contributed by atoms with Crippen molar-refractivity contribution in [1.82, 2.24) is 4.98 Å². The molecule has 2 nitrogen and oxygen atoms in total. The van der Waals surface area contributed by atoms with E-state index >= 15 is 0 Å². The van der Waals surface area contributed by atoms with Gasteiger partial charge in [-0.1, -0.05) is 44.2 Å². The van der Waals surface area contributed by atoms with Gasteiger partial charge in [-0.3, -0.25) is 0 Å². The van der Waals surface area contributed by atoms with Gasteiger partial charge < -0.3 is 5.73 Å². The van der Waals surface area contributed by atoms with E-state index in [4.69, 9.17) is 10.7 Å². The number of benzene rings is 1. The number of nitrogens with zero attached hydrogens (tertiary/aromatic N) is 1. The van der Waals surface area contributed by atoms with Crippen LogP contribution in [0.4, 0.5) is 0 Å². The molecular formula is C14H18N2S. The minimum absolute atomic E-state index is 0.0677. The molecule has 0 radical (unpaired) electrons. The number of hydrogen-bond donors (Lipinski definition) is 1. The first-order valence-electron chi connectivity index (χ1n) is 5.85. The zero-order valence-corrected chi connectivity index (χ0v) is 11.1. The molecule has 1 aromatic heterocycles. The Morgan fingerprint density at radius 3 is 2.59 bits per heavy atom. The fourth-order valence-electron chi connectivity index (χ4n) is 1.79. The first-order chi connectivity index (χ1) is 8.13. The molecule has 2 rings (SSSR count). The lowest BCUT2D eigenvalue weighted by molar-refractivity contribution is 0.476. The smallest absolute Gasteiger partial charge is 0.123 e. The van der Waals surface area contributed by atoms with Gasteiger partial charge in [0.05, 0.1) is 5.69 Å². The van der Waals surface area contributed by atoms with Crippen LogP contribution < -0.4 is 5.73 Å². The zero-order chi connectivity index (χ0) is 12.3. The number of hydrogen-bond acceptors (Lipinski definition) is 3. The summed E-state index contributed by atoms with van der Waals surface area (Å²) in [5.74, 6) is 0. The van der Waals surface area contributed by atoms with E-state index in [9.17, 15) is 0 Å². The van der Waals surface area contributed by atoms with Crippen LogP contribution in [0.1, 0.15) is 26.0 Å². The summed E-state index contributed by atoms with van der Waals surface area (Å²) in [5, 5.41) is 3.24. The summed E-state index contributed by atoms with van der Waals surface area (Å²) in [6.07, 6.45) is 0.963. The summed E-state index contributed by atoms with van der Waals surface area (Å²) < 4.78 is 0. The summed E-state index contributed by atoms with van der Waals surface area (Å²) in [5.41, 5.74) is 8.05. The van der Waals surface area contributed by atoms with Gasteiger partial charge in [0.15, 0.2) is 0 Å². The molecule has 0 unspecified atom stereocenters. The van der Waals surface area contributed by atoms with Gasteiger partial charge >= 0.3 is 0 Å². The molecule has 0 saturated heterocycles. The average molecular weight is 246 g/mol. The van der Waals surface area contributed by atoms with Gasteiger partial charge in [0, 0.05) is 16.4 Å². The Bertz CT molecular complexity index is 474.